The zero-order chi connectivity index (χ0) is 18.1. The molecule has 136 valence electrons. The Morgan fingerprint density at radius 3 is 2.16 bits per heavy atom. The highest BCUT2D eigenvalue weighted by molar-refractivity contribution is 5.23. The van der Waals surface area contributed by atoms with E-state index in [1.165, 1.54) is 11.1 Å². The summed E-state index contributed by atoms with van der Waals surface area (Å²) in [6, 6.07) is 21.7. The quantitative estimate of drug-likeness (QED) is 0.703. The van der Waals surface area contributed by atoms with Crippen molar-refractivity contribution in [2.45, 2.75) is 46.3 Å². The van der Waals surface area contributed by atoms with Crippen LogP contribution in [0.2, 0.25) is 0 Å². The van der Waals surface area contributed by atoms with E-state index in [2.05, 4.69) is 79.4 Å². The van der Waals surface area contributed by atoms with E-state index in [0.717, 1.165) is 26.2 Å². The van der Waals surface area contributed by atoms with Gasteiger partial charge in [-0.1, -0.05) is 74.5 Å². The lowest BCUT2D eigenvalue weighted by atomic mass is 9.86. The number of likely N-dealkylation sites (tertiary alicyclic amines) is 1. The molecule has 0 amide bonds. The largest absolute Gasteiger partial charge is 0.378 e. The molecule has 2 aromatic rings. The number of benzene rings is 2. The summed E-state index contributed by atoms with van der Waals surface area (Å²) in [5, 5.41) is 0. The molecule has 1 saturated heterocycles. The third-order valence-corrected chi connectivity index (χ3v) is 4.95. The fraction of sp³-hybridized carbons (Fsp3) is 0.478. The molecular formula is C23H33NO. The van der Waals surface area contributed by atoms with Crippen LogP contribution in [0.3, 0.4) is 0 Å². The standard InChI is InChI=1S/C21H27NO.C2H6/c1-3-23-17(2)20-15-22(14-18-10-6-4-7-11-18)16-21(20)19-12-8-5-9-13-19;1-2/h4-13,17,20-21H,3,14-16H2,1-2H3;1-2H3/t17-,20-,21-;/m0./s1. The molecule has 1 aliphatic heterocycles. The molecule has 1 fully saturated rings. The summed E-state index contributed by atoms with van der Waals surface area (Å²) in [5.74, 6) is 1.11. The summed E-state index contributed by atoms with van der Waals surface area (Å²) in [7, 11) is 0. The normalized spacial score (nSPS) is 21.4. The summed E-state index contributed by atoms with van der Waals surface area (Å²) < 4.78 is 5.95. The van der Waals surface area contributed by atoms with Crippen LogP contribution < -0.4 is 0 Å². The second kappa shape index (κ2) is 10.4. The molecule has 0 radical (unpaired) electrons. The third kappa shape index (κ3) is 5.42. The van der Waals surface area contributed by atoms with Crippen molar-refractivity contribution in [3.8, 4) is 0 Å². The highest BCUT2D eigenvalue weighted by Gasteiger charge is 2.37. The van der Waals surface area contributed by atoms with Crippen LogP contribution in [0.5, 0.6) is 0 Å². The van der Waals surface area contributed by atoms with Crippen molar-refractivity contribution in [1.82, 2.24) is 4.90 Å². The van der Waals surface area contributed by atoms with Gasteiger partial charge in [-0.3, -0.25) is 4.90 Å². The average molecular weight is 340 g/mol. The molecule has 0 bridgehead atoms. The van der Waals surface area contributed by atoms with Gasteiger partial charge in [0.05, 0.1) is 6.10 Å². The minimum atomic E-state index is 0.297. The van der Waals surface area contributed by atoms with Crippen LogP contribution in [0.15, 0.2) is 60.7 Å². The van der Waals surface area contributed by atoms with Gasteiger partial charge in [0, 0.05) is 38.1 Å². The highest BCUT2D eigenvalue weighted by Crippen LogP contribution is 2.36. The number of nitrogens with zero attached hydrogens (tertiary/aromatic N) is 1. The Labute approximate surface area is 153 Å². The van der Waals surface area contributed by atoms with Crippen molar-refractivity contribution in [1.29, 1.82) is 0 Å². The summed E-state index contributed by atoms with van der Waals surface area (Å²) in [4.78, 5) is 2.58. The Bertz CT molecular complexity index is 584. The molecule has 2 heteroatoms. The van der Waals surface area contributed by atoms with Crippen LogP contribution in [0.4, 0.5) is 0 Å². The molecule has 0 saturated carbocycles. The predicted octanol–water partition coefficient (Wildman–Crippen LogP) is 5.35. The maximum Gasteiger partial charge on any atom is 0.0593 e. The van der Waals surface area contributed by atoms with Gasteiger partial charge in [0.15, 0.2) is 0 Å². The molecule has 3 rings (SSSR count). The van der Waals surface area contributed by atoms with Crippen LogP contribution in [0.25, 0.3) is 0 Å². The Kier molecular flexibility index (Phi) is 8.17. The second-order valence-corrected chi connectivity index (χ2v) is 6.52. The van der Waals surface area contributed by atoms with Gasteiger partial charge in [-0.05, 0) is 25.0 Å². The molecule has 2 aromatic carbocycles. The van der Waals surface area contributed by atoms with E-state index in [9.17, 15) is 0 Å². The summed E-state index contributed by atoms with van der Waals surface area (Å²) in [5.41, 5.74) is 2.84. The second-order valence-electron chi connectivity index (χ2n) is 6.52. The van der Waals surface area contributed by atoms with Gasteiger partial charge in [0.1, 0.15) is 0 Å². The number of hydrogen-bond acceptors (Lipinski definition) is 2. The van der Waals surface area contributed by atoms with Gasteiger partial charge in [0.2, 0.25) is 0 Å². The smallest absolute Gasteiger partial charge is 0.0593 e. The highest BCUT2D eigenvalue weighted by atomic mass is 16.5. The van der Waals surface area contributed by atoms with E-state index in [-0.39, 0.29) is 0 Å². The Balaban J connectivity index is 0.00000109. The molecule has 0 aliphatic carbocycles. The minimum absolute atomic E-state index is 0.297. The minimum Gasteiger partial charge on any atom is -0.378 e. The summed E-state index contributed by atoms with van der Waals surface area (Å²) >= 11 is 0. The maximum absolute atomic E-state index is 5.95. The van der Waals surface area contributed by atoms with Crippen LogP contribution in [-0.4, -0.2) is 30.7 Å². The van der Waals surface area contributed by atoms with E-state index >= 15 is 0 Å². The van der Waals surface area contributed by atoms with Crippen molar-refractivity contribution in [2.75, 3.05) is 19.7 Å². The van der Waals surface area contributed by atoms with Crippen LogP contribution in [0, 0.1) is 5.92 Å². The molecule has 25 heavy (non-hydrogen) atoms. The van der Waals surface area contributed by atoms with Crippen LogP contribution >= 0.6 is 0 Å². The lowest BCUT2D eigenvalue weighted by molar-refractivity contribution is 0.0311. The SMILES string of the molecule is CC.CCO[C@@H](C)[C@@H]1CN(Cc2ccccc2)C[C@H]1c1ccccc1. The molecule has 0 spiro atoms. The van der Waals surface area contributed by atoms with E-state index in [1.54, 1.807) is 0 Å². The van der Waals surface area contributed by atoms with Crippen molar-refractivity contribution >= 4 is 0 Å². The first-order valence-electron chi connectivity index (χ1n) is 9.70. The molecule has 3 atom stereocenters. The monoisotopic (exact) mass is 339 g/mol. The van der Waals surface area contributed by atoms with Gasteiger partial charge in [-0.2, -0.15) is 0 Å². The summed E-state index contributed by atoms with van der Waals surface area (Å²) in [6.45, 7) is 12.4. The van der Waals surface area contributed by atoms with Gasteiger partial charge >= 0.3 is 0 Å². The zero-order valence-corrected chi connectivity index (χ0v) is 16.2. The van der Waals surface area contributed by atoms with Gasteiger partial charge in [-0.25, -0.2) is 0 Å². The lowest BCUT2D eigenvalue weighted by Gasteiger charge is -2.25. The first-order valence-corrected chi connectivity index (χ1v) is 9.70. The number of hydrogen-bond donors (Lipinski definition) is 0. The number of ether oxygens (including phenoxy) is 1. The molecule has 0 unspecified atom stereocenters. The van der Waals surface area contributed by atoms with Crippen LogP contribution in [0.1, 0.15) is 44.7 Å². The predicted molar refractivity (Wildman–Crippen MR) is 107 cm³/mol. The van der Waals surface area contributed by atoms with Crippen molar-refractivity contribution in [2.24, 2.45) is 5.92 Å². The van der Waals surface area contributed by atoms with Gasteiger partial charge in [0.25, 0.3) is 0 Å². The van der Waals surface area contributed by atoms with Gasteiger partial charge in [-0.15, -0.1) is 0 Å². The molecule has 0 aromatic heterocycles. The van der Waals surface area contributed by atoms with E-state index in [0.29, 0.717) is 17.9 Å². The maximum atomic E-state index is 5.95. The van der Waals surface area contributed by atoms with Gasteiger partial charge < -0.3 is 4.74 Å². The Hall–Kier alpha value is -1.64. The average Bonchev–Trinajstić information content (AvgIpc) is 3.09. The number of rotatable bonds is 6. The topological polar surface area (TPSA) is 12.5 Å². The zero-order valence-electron chi connectivity index (χ0n) is 16.2. The fourth-order valence-corrected chi connectivity index (χ4v) is 3.80. The molecule has 0 N–H and O–H groups in total. The van der Waals surface area contributed by atoms with E-state index in [4.69, 9.17) is 4.74 Å². The first kappa shape index (κ1) is 19.7. The first-order chi connectivity index (χ1) is 12.3. The van der Waals surface area contributed by atoms with Crippen LogP contribution in [-0.2, 0) is 11.3 Å². The molecular weight excluding hydrogens is 306 g/mol. The molecule has 1 aliphatic rings. The lowest BCUT2D eigenvalue weighted by Crippen LogP contribution is -2.27. The van der Waals surface area contributed by atoms with E-state index in [1.807, 2.05) is 13.8 Å². The Morgan fingerprint density at radius 1 is 0.960 bits per heavy atom. The molecule has 1 heterocycles. The van der Waals surface area contributed by atoms with E-state index < -0.39 is 0 Å². The van der Waals surface area contributed by atoms with Crippen molar-refractivity contribution < 1.29 is 4.74 Å². The van der Waals surface area contributed by atoms with Crippen molar-refractivity contribution in [3.63, 3.8) is 0 Å². The molecule has 2 nitrogen and oxygen atoms in total. The Morgan fingerprint density at radius 2 is 1.56 bits per heavy atom. The van der Waals surface area contributed by atoms with Crippen molar-refractivity contribution in [3.05, 3.63) is 71.8 Å². The third-order valence-electron chi connectivity index (χ3n) is 4.95. The summed E-state index contributed by atoms with van der Waals surface area (Å²) in [6.07, 6.45) is 0.297. The fourth-order valence-electron chi connectivity index (χ4n) is 3.80.